The molecule has 0 aromatic carbocycles. The van der Waals surface area contributed by atoms with Gasteiger partial charge in [0.05, 0.1) is 0 Å². The zero-order chi connectivity index (χ0) is 56.4. The van der Waals surface area contributed by atoms with Crippen LogP contribution in [0.4, 0.5) is 0 Å². The highest BCUT2D eigenvalue weighted by atomic mass is 16.6. The van der Waals surface area contributed by atoms with Crippen molar-refractivity contribution in [2.45, 2.75) is 277 Å². The van der Waals surface area contributed by atoms with E-state index in [-0.39, 0.29) is 31.1 Å². The largest absolute Gasteiger partial charge is 0.462 e. The van der Waals surface area contributed by atoms with Crippen LogP contribution in [0.5, 0.6) is 0 Å². The minimum absolute atomic E-state index is 0.0928. The van der Waals surface area contributed by atoms with Gasteiger partial charge in [0, 0.05) is 19.3 Å². The molecule has 0 aliphatic rings. The lowest BCUT2D eigenvalue weighted by molar-refractivity contribution is -0.167. The number of rotatable bonds is 56. The Bertz CT molecular complexity index is 1710. The second-order valence-corrected chi connectivity index (χ2v) is 20.5. The van der Waals surface area contributed by atoms with E-state index in [9.17, 15) is 14.4 Å². The number of allylic oxidation sites excluding steroid dienone is 24. The van der Waals surface area contributed by atoms with Crippen LogP contribution < -0.4 is 0 Å². The topological polar surface area (TPSA) is 78.9 Å². The molecule has 0 saturated carbocycles. The molecule has 78 heavy (non-hydrogen) atoms. The van der Waals surface area contributed by atoms with Crippen molar-refractivity contribution in [3.8, 4) is 0 Å². The Hall–Kier alpha value is -4.71. The maximum absolute atomic E-state index is 12.9. The zero-order valence-electron chi connectivity index (χ0n) is 50.4. The van der Waals surface area contributed by atoms with Crippen molar-refractivity contribution in [1.82, 2.24) is 0 Å². The first kappa shape index (κ1) is 73.3. The molecule has 0 fully saturated rings. The molecule has 0 radical (unpaired) electrons. The summed E-state index contributed by atoms with van der Waals surface area (Å²) in [7, 11) is 0. The fraction of sp³-hybridized carbons (Fsp3) is 0.625. The lowest BCUT2D eigenvalue weighted by atomic mass is 10.1. The van der Waals surface area contributed by atoms with E-state index in [2.05, 4.69) is 167 Å². The minimum Gasteiger partial charge on any atom is -0.462 e. The highest BCUT2D eigenvalue weighted by Crippen LogP contribution is 2.15. The van der Waals surface area contributed by atoms with Gasteiger partial charge >= 0.3 is 17.9 Å². The molecule has 1 atom stereocenters. The van der Waals surface area contributed by atoms with Crippen LogP contribution >= 0.6 is 0 Å². The van der Waals surface area contributed by atoms with Crippen LogP contribution in [0, 0.1) is 0 Å². The van der Waals surface area contributed by atoms with Crippen LogP contribution in [0.3, 0.4) is 0 Å². The summed E-state index contributed by atoms with van der Waals surface area (Å²) < 4.78 is 16.9. The van der Waals surface area contributed by atoms with Crippen LogP contribution in [0.25, 0.3) is 0 Å². The number of carbonyl (C=O) groups is 3. The Labute approximate surface area is 480 Å². The maximum atomic E-state index is 12.9. The molecule has 0 rings (SSSR count). The van der Waals surface area contributed by atoms with Gasteiger partial charge in [0.1, 0.15) is 13.2 Å². The average Bonchev–Trinajstić information content (AvgIpc) is 3.44. The van der Waals surface area contributed by atoms with Crippen molar-refractivity contribution in [3.05, 3.63) is 146 Å². The van der Waals surface area contributed by atoms with Crippen molar-refractivity contribution in [3.63, 3.8) is 0 Å². The predicted molar refractivity (Wildman–Crippen MR) is 339 cm³/mol. The van der Waals surface area contributed by atoms with E-state index in [0.717, 1.165) is 161 Å². The van der Waals surface area contributed by atoms with Crippen LogP contribution in [-0.2, 0) is 28.6 Å². The first-order valence-electron chi connectivity index (χ1n) is 31.8. The van der Waals surface area contributed by atoms with Gasteiger partial charge in [-0.25, -0.2) is 0 Å². The first-order chi connectivity index (χ1) is 38.5. The van der Waals surface area contributed by atoms with E-state index in [1.54, 1.807) is 0 Å². The van der Waals surface area contributed by atoms with Crippen molar-refractivity contribution in [2.75, 3.05) is 13.2 Å². The third kappa shape index (κ3) is 62.1. The molecule has 0 N–H and O–H groups in total. The Kier molecular flexibility index (Phi) is 60.9. The molecule has 0 amide bonds. The summed E-state index contributed by atoms with van der Waals surface area (Å²) in [4.78, 5) is 38.2. The number of unbranched alkanes of at least 4 members (excludes halogenated alkanes) is 21. The van der Waals surface area contributed by atoms with Gasteiger partial charge < -0.3 is 14.2 Å². The SMILES string of the molecule is CC/C=C\C/C=C\C/C=C\C/C=C\C/C=C\C/C=C\C/C=C\C/C=C\CCCCCCCCCCC(=O)OCC(COC(=O)CCCCCCC/C=C\CCC)OC(=O)CCCCCCCCC/C=C\C/C=C\C/C=C\CC. The molecule has 0 aliphatic heterocycles. The molecule has 0 aliphatic carbocycles. The van der Waals surface area contributed by atoms with Crippen molar-refractivity contribution >= 4 is 17.9 Å². The maximum Gasteiger partial charge on any atom is 0.306 e. The highest BCUT2D eigenvalue weighted by Gasteiger charge is 2.19. The quantitative estimate of drug-likeness (QED) is 0.0261. The molecule has 0 spiro atoms. The number of carbonyl (C=O) groups excluding carboxylic acids is 3. The normalized spacial score (nSPS) is 13.1. The van der Waals surface area contributed by atoms with Crippen LogP contribution in [0.2, 0.25) is 0 Å². The predicted octanol–water partition coefficient (Wildman–Crippen LogP) is 21.9. The van der Waals surface area contributed by atoms with Crippen molar-refractivity contribution in [2.24, 2.45) is 0 Å². The third-order valence-corrected chi connectivity index (χ3v) is 13.0. The van der Waals surface area contributed by atoms with Gasteiger partial charge in [-0.2, -0.15) is 0 Å². The van der Waals surface area contributed by atoms with E-state index in [1.165, 1.54) is 70.6 Å². The second kappa shape index (κ2) is 64.8. The smallest absolute Gasteiger partial charge is 0.306 e. The number of ether oxygens (including phenoxy) is 3. The summed E-state index contributed by atoms with van der Waals surface area (Å²) in [6.45, 7) is 6.33. The Balaban J connectivity index is 4.25. The molecule has 1 unspecified atom stereocenters. The van der Waals surface area contributed by atoms with Gasteiger partial charge in [0.25, 0.3) is 0 Å². The fourth-order valence-corrected chi connectivity index (χ4v) is 8.36. The number of hydrogen-bond acceptors (Lipinski definition) is 6. The van der Waals surface area contributed by atoms with E-state index < -0.39 is 6.10 Å². The second-order valence-electron chi connectivity index (χ2n) is 20.5. The van der Waals surface area contributed by atoms with E-state index in [0.29, 0.717) is 19.3 Å². The fourth-order valence-electron chi connectivity index (χ4n) is 8.36. The summed E-state index contributed by atoms with van der Waals surface area (Å²) >= 11 is 0. The Morgan fingerprint density at radius 2 is 0.500 bits per heavy atom. The van der Waals surface area contributed by atoms with Crippen molar-refractivity contribution in [1.29, 1.82) is 0 Å². The van der Waals surface area contributed by atoms with Gasteiger partial charge in [0.2, 0.25) is 0 Å². The standard InChI is InChI=1S/C72H116O6/c1-4-7-10-13-16-19-22-24-26-28-29-30-31-32-33-34-35-36-37-38-39-40-41-42-43-45-46-48-50-53-56-59-62-65-71(74)77-68-69(67-76-70(73)64-61-58-55-52-21-18-15-12-9-6-3)78-72(75)66-63-60-57-54-51-49-47-44-27-25-23-20-17-14-11-8-5-2/h7-8,10-12,15-17,19-20,24-27,29-30,32-33,35-36,38-39,41-42,69H,4-6,9,13-14,18,21-23,28,31,34,37,40,43-68H2,1-3H3/b10-7-,11-8-,15-12-,19-16-,20-17-,26-24-,27-25-,30-29-,33-32-,36-35-,39-38-,42-41-. The Morgan fingerprint density at radius 3 is 0.795 bits per heavy atom. The highest BCUT2D eigenvalue weighted by molar-refractivity contribution is 5.71. The molecule has 0 heterocycles. The third-order valence-electron chi connectivity index (χ3n) is 13.0. The number of esters is 3. The van der Waals surface area contributed by atoms with Gasteiger partial charge in [-0.15, -0.1) is 0 Å². The Morgan fingerprint density at radius 1 is 0.269 bits per heavy atom. The lowest BCUT2D eigenvalue weighted by Crippen LogP contribution is -2.30. The summed E-state index contributed by atoms with van der Waals surface area (Å²) in [5.74, 6) is -0.923. The molecular weight excluding hydrogens is 961 g/mol. The first-order valence-corrected chi connectivity index (χ1v) is 31.8. The zero-order valence-corrected chi connectivity index (χ0v) is 50.4. The molecule has 0 saturated heterocycles. The molecule has 0 aromatic heterocycles. The van der Waals surface area contributed by atoms with Gasteiger partial charge in [-0.05, 0) is 135 Å². The van der Waals surface area contributed by atoms with Gasteiger partial charge in [-0.1, -0.05) is 263 Å². The number of hydrogen-bond donors (Lipinski definition) is 0. The molecule has 6 heteroatoms. The van der Waals surface area contributed by atoms with Crippen LogP contribution in [0.15, 0.2) is 146 Å². The van der Waals surface area contributed by atoms with E-state index >= 15 is 0 Å². The van der Waals surface area contributed by atoms with E-state index in [4.69, 9.17) is 14.2 Å². The van der Waals surface area contributed by atoms with Gasteiger partial charge in [0.15, 0.2) is 6.10 Å². The monoisotopic (exact) mass is 1080 g/mol. The molecular formula is C72H116O6. The summed E-state index contributed by atoms with van der Waals surface area (Å²) in [6, 6.07) is 0. The molecule has 0 bridgehead atoms. The van der Waals surface area contributed by atoms with Crippen LogP contribution in [-0.4, -0.2) is 37.2 Å². The molecule has 6 nitrogen and oxygen atoms in total. The van der Waals surface area contributed by atoms with Crippen LogP contribution in [0.1, 0.15) is 271 Å². The summed E-state index contributed by atoms with van der Waals surface area (Å²) in [5.41, 5.74) is 0. The molecule has 0 aromatic rings. The minimum atomic E-state index is -0.795. The average molecular weight is 1080 g/mol. The summed E-state index contributed by atoms with van der Waals surface area (Å²) in [6.07, 6.45) is 92.9. The summed E-state index contributed by atoms with van der Waals surface area (Å²) in [5, 5.41) is 0. The van der Waals surface area contributed by atoms with Crippen molar-refractivity contribution < 1.29 is 28.6 Å². The van der Waals surface area contributed by atoms with E-state index in [1.807, 2.05) is 0 Å². The molecule has 440 valence electrons. The lowest BCUT2D eigenvalue weighted by Gasteiger charge is -2.18. The van der Waals surface area contributed by atoms with Gasteiger partial charge in [-0.3, -0.25) is 14.4 Å².